The zero-order chi connectivity index (χ0) is 14.0. The number of benzene rings is 1. The Labute approximate surface area is 116 Å². The Morgan fingerprint density at radius 2 is 1.95 bits per heavy atom. The first-order valence-electron chi connectivity index (χ1n) is 6.68. The fraction of sp³-hybridized carbons (Fsp3) is 0.353. The molecule has 0 aliphatic carbocycles. The summed E-state index contributed by atoms with van der Waals surface area (Å²) in [5.41, 5.74) is 3.93. The van der Waals surface area contributed by atoms with Crippen LogP contribution in [0.4, 0.5) is 5.69 Å². The van der Waals surface area contributed by atoms with Gasteiger partial charge >= 0.3 is 0 Å². The van der Waals surface area contributed by atoms with E-state index in [9.17, 15) is 0 Å². The SMILES string of the molecule is Cc1cc(C(C)(C)C)ccc1N1C=CC=CC1C=N. The molecule has 1 aromatic carbocycles. The van der Waals surface area contributed by atoms with Crippen LogP contribution in [0, 0.1) is 12.3 Å². The average Bonchev–Trinajstić information content (AvgIpc) is 2.37. The minimum Gasteiger partial charge on any atom is -0.336 e. The highest BCUT2D eigenvalue weighted by atomic mass is 15.1. The number of nitrogens with one attached hydrogen (secondary N) is 1. The first-order chi connectivity index (χ1) is 8.93. The Bertz CT molecular complexity index is 533. The zero-order valence-corrected chi connectivity index (χ0v) is 12.1. The van der Waals surface area contributed by atoms with Crippen molar-refractivity contribution in [3.05, 3.63) is 53.8 Å². The number of nitrogens with zero attached hydrogens (tertiary/aromatic N) is 1. The maximum atomic E-state index is 7.54. The van der Waals surface area contributed by atoms with E-state index in [0.717, 1.165) is 0 Å². The van der Waals surface area contributed by atoms with Crippen LogP contribution in [0.2, 0.25) is 0 Å². The number of hydrogen-bond acceptors (Lipinski definition) is 2. The van der Waals surface area contributed by atoms with Gasteiger partial charge < -0.3 is 10.3 Å². The molecule has 0 spiro atoms. The molecule has 100 valence electrons. The lowest BCUT2D eigenvalue weighted by molar-refractivity contribution is 0.589. The van der Waals surface area contributed by atoms with Gasteiger partial charge in [-0.15, -0.1) is 0 Å². The number of allylic oxidation sites excluding steroid dienone is 2. The third-order valence-corrected chi connectivity index (χ3v) is 3.50. The summed E-state index contributed by atoms with van der Waals surface area (Å²) in [6.07, 6.45) is 9.54. The molecule has 19 heavy (non-hydrogen) atoms. The van der Waals surface area contributed by atoms with E-state index in [0.29, 0.717) is 0 Å². The maximum Gasteiger partial charge on any atom is 0.0867 e. The lowest BCUT2D eigenvalue weighted by Gasteiger charge is -2.30. The first-order valence-corrected chi connectivity index (χ1v) is 6.68. The second kappa shape index (κ2) is 5.04. The third kappa shape index (κ3) is 2.78. The molecule has 1 atom stereocenters. The number of hydrogen-bond donors (Lipinski definition) is 1. The molecule has 2 rings (SSSR count). The van der Waals surface area contributed by atoms with Gasteiger partial charge in [-0.1, -0.05) is 45.1 Å². The molecule has 0 amide bonds. The number of rotatable bonds is 2. The standard InChI is InChI=1S/C17H22N2/c1-13-11-14(17(2,3)4)8-9-16(13)19-10-6-5-7-15(19)12-18/h5-12,15,18H,1-4H3. The molecule has 0 radical (unpaired) electrons. The molecular formula is C17H22N2. The van der Waals surface area contributed by atoms with E-state index in [4.69, 9.17) is 5.41 Å². The van der Waals surface area contributed by atoms with Gasteiger partial charge in [-0.05, 0) is 35.6 Å². The summed E-state index contributed by atoms with van der Waals surface area (Å²) >= 11 is 0. The summed E-state index contributed by atoms with van der Waals surface area (Å²) in [5, 5.41) is 7.54. The van der Waals surface area contributed by atoms with Gasteiger partial charge in [0.25, 0.3) is 0 Å². The average molecular weight is 254 g/mol. The largest absolute Gasteiger partial charge is 0.336 e. The molecule has 0 aromatic heterocycles. The summed E-state index contributed by atoms with van der Waals surface area (Å²) in [6, 6.07) is 6.62. The van der Waals surface area contributed by atoms with E-state index in [1.807, 2.05) is 24.4 Å². The van der Waals surface area contributed by atoms with E-state index in [1.165, 1.54) is 23.0 Å². The molecule has 1 aromatic rings. The first kappa shape index (κ1) is 13.6. The zero-order valence-electron chi connectivity index (χ0n) is 12.1. The van der Waals surface area contributed by atoms with Crippen molar-refractivity contribution in [3.8, 4) is 0 Å². The van der Waals surface area contributed by atoms with E-state index in [-0.39, 0.29) is 11.5 Å². The second-order valence-corrected chi connectivity index (χ2v) is 6.04. The minimum atomic E-state index is 0.0178. The van der Waals surface area contributed by atoms with Gasteiger partial charge in [-0.2, -0.15) is 0 Å². The molecule has 0 saturated carbocycles. The molecule has 1 N–H and O–H groups in total. The maximum absolute atomic E-state index is 7.54. The van der Waals surface area contributed by atoms with Crippen LogP contribution in [0.3, 0.4) is 0 Å². The van der Waals surface area contributed by atoms with Crippen LogP contribution in [-0.4, -0.2) is 12.3 Å². The molecule has 2 heteroatoms. The molecule has 0 saturated heterocycles. The van der Waals surface area contributed by atoms with Crippen molar-refractivity contribution in [2.75, 3.05) is 4.90 Å². The Balaban J connectivity index is 2.39. The van der Waals surface area contributed by atoms with Gasteiger partial charge in [0, 0.05) is 18.1 Å². The van der Waals surface area contributed by atoms with E-state index in [2.05, 4.69) is 50.8 Å². The van der Waals surface area contributed by atoms with Crippen molar-refractivity contribution in [2.45, 2.75) is 39.2 Å². The smallest absolute Gasteiger partial charge is 0.0867 e. The van der Waals surface area contributed by atoms with Gasteiger partial charge in [-0.25, -0.2) is 0 Å². The van der Waals surface area contributed by atoms with Crippen LogP contribution >= 0.6 is 0 Å². The summed E-state index contributed by atoms with van der Waals surface area (Å²) in [5.74, 6) is 0. The Kier molecular flexibility index (Phi) is 3.61. The molecule has 1 heterocycles. The van der Waals surface area contributed by atoms with Crippen molar-refractivity contribution in [2.24, 2.45) is 0 Å². The van der Waals surface area contributed by atoms with Gasteiger partial charge in [0.2, 0.25) is 0 Å². The molecule has 2 nitrogen and oxygen atoms in total. The van der Waals surface area contributed by atoms with Crippen LogP contribution in [0.25, 0.3) is 0 Å². The van der Waals surface area contributed by atoms with Gasteiger partial charge in [-0.3, -0.25) is 0 Å². The highest BCUT2D eigenvalue weighted by molar-refractivity contribution is 5.74. The van der Waals surface area contributed by atoms with Crippen LogP contribution in [0.1, 0.15) is 31.9 Å². The molecule has 1 unspecified atom stereocenters. The molecule has 1 aliphatic rings. The van der Waals surface area contributed by atoms with Gasteiger partial charge in [0.1, 0.15) is 0 Å². The van der Waals surface area contributed by atoms with E-state index >= 15 is 0 Å². The van der Waals surface area contributed by atoms with E-state index < -0.39 is 0 Å². The van der Waals surface area contributed by atoms with Crippen molar-refractivity contribution in [1.29, 1.82) is 5.41 Å². The summed E-state index contributed by atoms with van der Waals surface area (Å²) in [6.45, 7) is 8.82. The lowest BCUT2D eigenvalue weighted by atomic mass is 9.86. The van der Waals surface area contributed by atoms with Crippen LogP contribution in [-0.2, 0) is 5.41 Å². The van der Waals surface area contributed by atoms with Crippen LogP contribution < -0.4 is 4.90 Å². The lowest BCUT2D eigenvalue weighted by Crippen LogP contribution is -2.32. The highest BCUT2D eigenvalue weighted by Crippen LogP contribution is 2.30. The number of anilines is 1. The molecular weight excluding hydrogens is 232 g/mol. The topological polar surface area (TPSA) is 27.1 Å². The predicted molar refractivity (Wildman–Crippen MR) is 83.2 cm³/mol. The van der Waals surface area contributed by atoms with E-state index in [1.54, 1.807) is 0 Å². The molecule has 0 bridgehead atoms. The van der Waals surface area contributed by atoms with Gasteiger partial charge in [0.05, 0.1) is 6.04 Å². The Hall–Kier alpha value is -1.83. The quantitative estimate of drug-likeness (QED) is 0.787. The Morgan fingerprint density at radius 1 is 1.21 bits per heavy atom. The monoisotopic (exact) mass is 254 g/mol. The predicted octanol–water partition coefficient (Wildman–Crippen LogP) is 4.20. The highest BCUT2D eigenvalue weighted by Gasteiger charge is 2.18. The third-order valence-electron chi connectivity index (χ3n) is 3.50. The van der Waals surface area contributed by atoms with Crippen molar-refractivity contribution < 1.29 is 0 Å². The minimum absolute atomic E-state index is 0.0178. The number of aryl methyl sites for hydroxylation is 1. The van der Waals surface area contributed by atoms with Crippen molar-refractivity contribution in [3.63, 3.8) is 0 Å². The molecule has 0 fully saturated rings. The van der Waals surface area contributed by atoms with Crippen LogP contribution in [0.5, 0.6) is 0 Å². The summed E-state index contributed by atoms with van der Waals surface area (Å²) in [7, 11) is 0. The normalized spacial score (nSPS) is 18.7. The molecule has 1 aliphatic heterocycles. The van der Waals surface area contributed by atoms with Crippen LogP contribution in [0.15, 0.2) is 42.6 Å². The fourth-order valence-electron chi connectivity index (χ4n) is 2.30. The fourth-order valence-corrected chi connectivity index (χ4v) is 2.30. The Morgan fingerprint density at radius 3 is 2.53 bits per heavy atom. The second-order valence-electron chi connectivity index (χ2n) is 6.04. The summed E-state index contributed by atoms with van der Waals surface area (Å²) < 4.78 is 0. The van der Waals surface area contributed by atoms with Crippen molar-refractivity contribution in [1.82, 2.24) is 0 Å². The summed E-state index contributed by atoms with van der Waals surface area (Å²) in [4.78, 5) is 2.13. The van der Waals surface area contributed by atoms with Crippen molar-refractivity contribution >= 4 is 11.9 Å². The van der Waals surface area contributed by atoms with Gasteiger partial charge in [0.15, 0.2) is 0 Å².